The van der Waals surface area contributed by atoms with Gasteiger partial charge in [0.15, 0.2) is 0 Å². The second-order valence-electron chi connectivity index (χ2n) is 7.19. The van der Waals surface area contributed by atoms with Crippen molar-refractivity contribution in [3.63, 3.8) is 0 Å². The zero-order valence-electron chi connectivity index (χ0n) is 16.2. The highest BCUT2D eigenvalue weighted by Gasteiger charge is 2.24. The van der Waals surface area contributed by atoms with Crippen molar-refractivity contribution in [2.75, 3.05) is 19.6 Å². The lowest BCUT2D eigenvalue weighted by Gasteiger charge is -2.26. The molecule has 0 bridgehead atoms. The fourth-order valence-corrected chi connectivity index (χ4v) is 2.66. The number of rotatable bonds is 7. The van der Waals surface area contributed by atoms with Crippen molar-refractivity contribution >= 4 is 11.9 Å². The van der Waals surface area contributed by atoms with Crippen LogP contribution in [0.25, 0.3) is 0 Å². The molecular formula is C21H25F2N3O2. The molecule has 0 radical (unpaired) electrons. The lowest BCUT2D eigenvalue weighted by Crippen LogP contribution is -2.44. The summed E-state index contributed by atoms with van der Waals surface area (Å²) >= 11 is 0. The number of benzene rings is 2. The van der Waals surface area contributed by atoms with E-state index in [2.05, 4.69) is 16.0 Å². The maximum absolute atomic E-state index is 13.9. The number of nitrogens with one attached hydrogen (secondary N) is 3. The molecule has 0 fully saturated rings. The summed E-state index contributed by atoms with van der Waals surface area (Å²) in [6.07, 6.45) is 0. The minimum absolute atomic E-state index is 0.193. The van der Waals surface area contributed by atoms with Crippen LogP contribution in [0, 0.1) is 18.6 Å². The highest BCUT2D eigenvalue weighted by atomic mass is 19.1. The molecule has 0 heterocycles. The molecule has 0 aliphatic carbocycles. The first-order valence-corrected chi connectivity index (χ1v) is 9.02. The van der Waals surface area contributed by atoms with Gasteiger partial charge in [0.25, 0.3) is 5.91 Å². The van der Waals surface area contributed by atoms with Gasteiger partial charge in [0.05, 0.1) is 0 Å². The molecule has 0 atom stereocenters. The number of urea groups is 1. The van der Waals surface area contributed by atoms with E-state index in [0.717, 1.165) is 0 Å². The molecule has 0 unspecified atom stereocenters. The molecule has 0 aromatic heterocycles. The van der Waals surface area contributed by atoms with Crippen LogP contribution in [0.2, 0.25) is 0 Å². The Labute approximate surface area is 163 Å². The molecule has 2 rings (SSSR count). The quantitative estimate of drug-likeness (QED) is 0.636. The van der Waals surface area contributed by atoms with E-state index in [1.54, 1.807) is 31.2 Å². The molecule has 3 N–H and O–H groups in total. The van der Waals surface area contributed by atoms with Gasteiger partial charge in [-0.1, -0.05) is 38.1 Å². The van der Waals surface area contributed by atoms with Crippen molar-refractivity contribution in [3.05, 3.63) is 70.8 Å². The third kappa shape index (κ3) is 5.77. The lowest BCUT2D eigenvalue weighted by molar-refractivity contribution is 0.0953. The molecule has 0 saturated heterocycles. The normalized spacial score (nSPS) is 11.0. The molecule has 0 saturated carbocycles. The second-order valence-corrected chi connectivity index (χ2v) is 7.19. The fraction of sp³-hybridized carbons (Fsp3) is 0.333. The lowest BCUT2D eigenvalue weighted by atomic mass is 9.84. The van der Waals surface area contributed by atoms with Crippen molar-refractivity contribution in [2.45, 2.75) is 26.2 Å². The largest absolute Gasteiger partial charge is 0.350 e. The highest BCUT2D eigenvalue weighted by Crippen LogP contribution is 2.24. The Bertz CT molecular complexity index is 853. The molecule has 5 nitrogen and oxygen atoms in total. The minimum atomic E-state index is -0.577. The van der Waals surface area contributed by atoms with Gasteiger partial charge in [0.2, 0.25) is 0 Å². The Hall–Kier alpha value is -2.96. The predicted octanol–water partition coefficient (Wildman–Crippen LogP) is 3.28. The Balaban J connectivity index is 1.73. The maximum atomic E-state index is 13.9. The number of hydrogen-bond donors (Lipinski definition) is 3. The van der Waals surface area contributed by atoms with Gasteiger partial charge in [-0.15, -0.1) is 0 Å². The van der Waals surface area contributed by atoms with E-state index in [-0.39, 0.29) is 31.0 Å². The van der Waals surface area contributed by atoms with Crippen molar-refractivity contribution < 1.29 is 18.4 Å². The van der Waals surface area contributed by atoms with Crippen LogP contribution in [-0.2, 0) is 5.41 Å². The Morgan fingerprint density at radius 2 is 1.61 bits per heavy atom. The second kappa shape index (κ2) is 9.30. The van der Waals surface area contributed by atoms with E-state index < -0.39 is 23.2 Å². The van der Waals surface area contributed by atoms with E-state index in [0.29, 0.717) is 11.1 Å². The molecule has 150 valence electrons. The number of carbonyl (C=O) groups is 2. The zero-order chi connectivity index (χ0) is 20.7. The van der Waals surface area contributed by atoms with Gasteiger partial charge >= 0.3 is 6.03 Å². The van der Waals surface area contributed by atoms with Crippen molar-refractivity contribution in [1.82, 2.24) is 16.0 Å². The van der Waals surface area contributed by atoms with Crippen LogP contribution >= 0.6 is 0 Å². The summed E-state index contributed by atoms with van der Waals surface area (Å²) in [7, 11) is 0. The third-order valence-corrected chi connectivity index (χ3v) is 4.42. The molecule has 2 aromatic rings. The number of hydrogen-bond acceptors (Lipinski definition) is 2. The summed E-state index contributed by atoms with van der Waals surface area (Å²) in [6.45, 7) is 5.94. The van der Waals surface area contributed by atoms with E-state index in [9.17, 15) is 18.4 Å². The summed E-state index contributed by atoms with van der Waals surface area (Å²) in [4.78, 5) is 23.9. The van der Waals surface area contributed by atoms with Gasteiger partial charge in [-0.25, -0.2) is 13.6 Å². The van der Waals surface area contributed by atoms with Crippen LogP contribution in [0.1, 0.15) is 35.3 Å². The molecule has 0 aliphatic rings. The number of amides is 3. The van der Waals surface area contributed by atoms with Gasteiger partial charge in [0, 0.05) is 30.6 Å². The van der Waals surface area contributed by atoms with Gasteiger partial charge in [-0.05, 0) is 36.2 Å². The fourth-order valence-electron chi connectivity index (χ4n) is 2.66. The first-order chi connectivity index (χ1) is 13.2. The molecule has 3 amide bonds. The number of aryl methyl sites for hydroxylation is 1. The average molecular weight is 389 g/mol. The number of halogens is 2. The SMILES string of the molecule is Cc1ccc(C(=O)NCCNC(=O)NCC(C)(C)c2ccccc2F)cc1F. The summed E-state index contributed by atoms with van der Waals surface area (Å²) < 4.78 is 27.4. The first-order valence-electron chi connectivity index (χ1n) is 9.02. The molecule has 0 spiro atoms. The van der Waals surface area contributed by atoms with Crippen LogP contribution in [0.3, 0.4) is 0 Å². The van der Waals surface area contributed by atoms with Gasteiger partial charge in [0.1, 0.15) is 11.6 Å². The van der Waals surface area contributed by atoms with E-state index >= 15 is 0 Å². The number of carbonyl (C=O) groups excluding carboxylic acids is 2. The van der Waals surface area contributed by atoms with Crippen LogP contribution in [0.4, 0.5) is 13.6 Å². The van der Waals surface area contributed by atoms with Crippen LogP contribution in [0.15, 0.2) is 42.5 Å². The molecule has 0 aliphatic heterocycles. The predicted molar refractivity (Wildman–Crippen MR) is 104 cm³/mol. The van der Waals surface area contributed by atoms with Gasteiger partial charge in [-0.3, -0.25) is 4.79 Å². The van der Waals surface area contributed by atoms with Crippen LogP contribution in [0.5, 0.6) is 0 Å². The van der Waals surface area contributed by atoms with Crippen LogP contribution in [-0.4, -0.2) is 31.6 Å². The summed E-state index contributed by atoms with van der Waals surface area (Å²) in [5.74, 6) is -1.17. The highest BCUT2D eigenvalue weighted by molar-refractivity contribution is 5.94. The first kappa shape index (κ1) is 21.3. The average Bonchev–Trinajstić information content (AvgIpc) is 2.66. The smallest absolute Gasteiger partial charge is 0.314 e. The van der Waals surface area contributed by atoms with Gasteiger partial charge in [-0.2, -0.15) is 0 Å². The van der Waals surface area contributed by atoms with Crippen molar-refractivity contribution in [2.24, 2.45) is 0 Å². The molecule has 7 heteroatoms. The molecule has 28 heavy (non-hydrogen) atoms. The van der Waals surface area contributed by atoms with E-state index in [1.165, 1.54) is 18.2 Å². The van der Waals surface area contributed by atoms with Crippen molar-refractivity contribution in [1.29, 1.82) is 0 Å². The Kier molecular flexibility index (Phi) is 7.09. The van der Waals surface area contributed by atoms with E-state index in [4.69, 9.17) is 0 Å². The topological polar surface area (TPSA) is 70.2 Å². The Morgan fingerprint density at radius 1 is 0.929 bits per heavy atom. The summed E-state index contributed by atoms with van der Waals surface area (Å²) in [5, 5.41) is 7.93. The maximum Gasteiger partial charge on any atom is 0.314 e. The summed E-state index contributed by atoms with van der Waals surface area (Å²) in [6, 6.07) is 10.3. The zero-order valence-corrected chi connectivity index (χ0v) is 16.2. The third-order valence-electron chi connectivity index (χ3n) is 4.42. The van der Waals surface area contributed by atoms with Gasteiger partial charge < -0.3 is 16.0 Å². The van der Waals surface area contributed by atoms with E-state index in [1.807, 2.05) is 13.8 Å². The molecular weight excluding hydrogens is 364 g/mol. The molecule has 2 aromatic carbocycles. The van der Waals surface area contributed by atoms with Crippen LogP contribution < -0.4 is 16.0 Å². The monoisotopic (exact) mass is 389 g/mol. The Morgan fingerprint density at radius 3 is 2.29 bits per heavy atom. The standard InChI is InChI=1S/C21H25F2N3O2/c1-14-8-9-15(12-18(14)23)19(27)24-10-11-25-20(28)26-13-21(2,3)16-6-4-5-7-17(16)22/h4-9,12H,10-11,13H2,1-3H3,(H,24,27)(H2,25,26,28). The van der Waals surface area contributed by atoms with Crippen molar-refractivity contribution in [3.8, 4) is 0 Å². The summed E-state index contributed by atoms with van der Waals surface area (Å²) in [5.41, 5.74) is 0.632. The minimum Gasteiger partial charge on any atom is -0.350 e.